The van der Waals surface area contributed by atoms with Crippen LogP contribution in [0.5, 0.6) is 0 Å². The highest BCUT2D eigenvalue weighted by atomic mass is 16.2. The molecule has 0 unspecified atom stereocenters. The molecular weight excluding hydrogens is 476 g/mol. The van der Waals surface area contributed by atoms with Crippen molar-refractivity contribution in [2.45, 2.75) is 72.9 Å². The number of nitrogens with two attached hydrogens (primary N) is 1. The van der Waals surface area contributed by atoms with E-state index in [0.717, 1.165) is 47.9 Å². The number of aryl methyl sites for hydroxylation is 2. The minimum absolute atomic E-state index is 0.00506. The number of nitrogens with one attached hydrogen (secondary N) is 2. The molecular formula is C30H40N6O2. The van der Waals surface area contributed by atoms with Crippen molar-refractivity contribution in [1.82, 2.24) is 10.2 Å². The first-order valence-corrected chi connectivity index (χ1v) is 13.1. The molecule has 2 aromatic carbocycles. The zero-order valence-corrected chi connectivity index (χ0v) is 23.1. The second kappa shape index (κ2) is 12.6. The van der Waals surface area contributed by atoms with E-state index in [-0.39, 0.29) is 23.3 Å². The number of carbonyl (C=O) groups is 2. The number of amides is 2. The van der Waals surface area contributed by atoms with E-state index in [2.05, 4.69) is 62.3 Å². The largest absolute Gasteiger partial charge is 0.332 e. The third kappa shape index (κ3) is 7.37. The number of carbonyl (C=O) groups excluding carboxylic acids is 2. The minimum atomic E-state index is -0.457. The lowest BCUT2D eigenvalue weighted by molar-refractivity contribution is -0.130. The van der Waals surface area contributed by atoms with Gasteiger partial charge in [0.25, 0.3) is 11.9 Å². The summed E-state index contributed by atoms with van der Waals surface area (Å²) in [4.78, 5) is 28.0. The molecule has 0 aromatic heterocycles. The Morgan fingerprint density at radius 1 is 1.05 bits per heavy atom. The highest BCUT2D eigenvalue weighted by Crippen LogP contribution is 2.39. The van der Waals surface area contributed by atoms with Gasteiger partial charge in [-0.3, -0.25) is 14.9 Å². The lowest BCUT2D eigenvalue weighted by atomic mass is 9.71. The quantitative estimate of drug-likeness (QED) is 0.110. The van der Waals surface area contributed by atoms with Crippen molar-refractivity contribution in [3.8, 4) is 0 Å². The predicted molar refractivity (Wildman–Crippen MR) is 151 cm³/mol. The zero-order valence-electron chi connectivity index (χ0n) is 23.1. The maximum Gasteiger partial charge on any atom is 0.265 e. The second-order valence-electron chi connectivity index (χ2n) is 11.2. The highest BCUT2D eigenvalue weighted by molar-refractivity contribution is 6.05. The molecule has 0 bridgehead atoms. The van der Waals surface area contributed by atoms with E-state index < -0.39 is 5.91 Å². The number of nitrogens with zero attached hydrogens (tertiary/aromatic N) is 3. The molecule has 0 heterocycles. The van der Waals surface area contributed by atoms with Crippen molar-refractivity contribution < 1.29 is 9.59 Å². The van der Waals surface area contributed by atoms with Crippen LogP contribution < -0.4 is 11.2 Å². The lowest BCUT2D eigenvalue weighted by Gasteiger charge is -2.41. The molecule has 8 heteroatoms. The molecule has 1 fully saturated rings. The van der Waals surface area contributed by atoms with Crippen LogP contribution in [0.25, 0.3) is 6.08 Å². The summed E-state index contributed by atoms with van der Waals surface area (Å²) in [5, 5.41) is 8.69. The van der Waals surface area contributed by atoms with Crippen LogP contribution in [0, 0.1) is 30.7 Å². The monoisotopic (exact) mass is 516 g/mol. The number of benzene rings is 2. The van der Waals surface area contributed by atoms with Gasteiger partial charge in [-0.05, 0) is 91.3 Å². The fourth-order valence-electron chi connectivity index (χ4n) is 5.20. The van der Waals surface area contributed by atoms with Crippen molar-refractivity contribution in [1.29, 1.82) is 5.53 Å². The minimum Gasteiger partial charge on any atom is -0.332 e. The first kappa shape index (κ1) is 28.8. The van der Waals surface area contributed by atoms with Gasteiger partial charge in [0.05, 0.1) is 0 Å². The molecule has 1 saturated carbocycles. The van der Waals surface area contributed by atoms with E-state index in [9.17, 15) is 9.59 Å². The molecule has 2 aromatic rings. The Morgan fingerprint density at radius 3 is 2.18 bits per heavy atom. The highest BCUT2D eigenvalue weighted by Gasteiger charge is 2.33. The molecule has 1 aliphatic rings. The first-order chi connectivity index (χ1) is 18.0. The number of rotatable bonds is 6. The summed E-state index contributed by atoms with van der Waals surface area (Å²) < 4.78 is 0. The second-order valence-corrected chi connectivity index (χ2v) is 11.2. The third-order valence-electron chi connectivity index (χ3n) is 7.60. The lowest BCUT2D eigenvalue weighted by Crippen LogP contribution is -2.42. The summed E-state index contributed by atoms with van der Waals surface area (Å²) in [6.45, 7) is 11.5. The summed E-state index contributed by atoms with van der Waals surface area (Å²) in [6.07, 6.45) is 7.78. The molecule has 8 nitrogen and oxygen atoms in total. The summed E-state index contributed by atoms with van der Waals surface area (Å²) in [5.41, 5.74) is 11.9. The van der Waals surface area contributed by atoms with Crippen LogP contribution in [0.4, 0.5) is 0 Å². The number of hydrazone groups is 1. The maximum absolute atomic E-state index is 13.6. The summed E-state index contributed by atoms with van der Waals surface area (Å²) in [7, 11) is 0. The Hall–Kier alpha value is -3.81. The van der Waals surface area contributed by atoms with Crippen LogP contribution in [-0.2, 0) is 11.3 Å². The fraction of sp³-hybridized carbons (Fsp3) is 0.433. The van der Waals surface area contributed by atoms with Crippen molar-refractivity contribution in [3.05, 3.63) is 76.4 Å². The van der Waals surface area contributed by atoms with Gasteiger partial charge in [-0.15, -0.1) is 10.2 Å². The molecule has 0 spiro atoms. The first-order valence-electron chi connectivity index (χ1n) is 13.1. The Labute approximate surface area is 225 Å². The molecule has 0 aliphatic heterocycles. The van der Waals surface area contributed by atoms with E-state index in [4.69, 9.17) is 11.4 Å². The molecule has 0 saturated heterocycles. The Kier molecular flexibility index (Phi) is 9.55. The van der Waals surface area contributed by atoms with E-state index in [1.54, 1.807) is 18.2 Å². The predicted octanol–water partition coefficient (Wildman–Crippen LogP) is 5.94. The van der Waals surface area contributed by atoms with Gasteiger partial charge in [0.2, 0.25) is 5.91 Å². The normalized spacial score (nSPS) is 18.3. The summed E-state index contributed by atoms with van der Waals surface area (Å²) >= 11 is 0. The number of hydrogen-bond acceptors (Lipinski definition) is 5. The van der Waals surface area contributed by atoms with Crippen LogP contribution in [0.1, 0.15) is 79.1 Å². The molecule has 202 valence electrons. The molecule has 2 amide bonds. The van der Waals surface area contributed by atoms with Crippen LogP contribution in [0.3, 0.4) is 0 Å². The fourth-order valence-corrected chi connectivity index (χ4v) is 5.20. The van der Waals surface area contributed by atoms with Crippen LogP contribution in [-0.4, -0.2) is 28.7 Å². The van der Waals surface area contributed by atoms with Gasteiger partial charge >= 0.3 is 0 Å². The van der Waals surface area contributed by atoms with E-state index in [0.29, 0.717) is 18.0 Å². The topological polar surface area (TPSA) is 124 Å². The maximum atomic E-state index is 13.6. The summed E-state index contributed by atoms with van der Waals surface area (Å²) in [5.74, 6) is 5.04. The molecule has 0 atom stereocenters. The van der Waals surface area contributed by atoms with E-state index in [1.165, 1.54) is 0 Å². The Bertz CT molecular complexity index is 1180. The van der Waals surface area contributed by atoms with Gasteiger partial charge in [0, 0.05) is 24.2 Å². The van der Waals surface area contributed by atoms with Crippen LogP contribution >= 0.6 is 0 Å². The van der Waals surface area contributed by atoms with Crippen LogP contribution in [0.15, 0.2) is 58.8 Å². The Morgan fingerprint density at radius 2 is 1.66 bits per heavy atom. The SMILES string of the molecule is Cc1cccc(C)c1/C=C/C(=O)N(Cc1ccc(C(=O)N/C(N=N)=N/N)cc1)C1CCC(C(C)(C)C)CC1. The Balaban J connectivity index is 1.81. The zero-order chi connectivity index (χ0) is 27.9. The molecule has 1 aliphatic carbocycles. The van der Waals surface area contributed by atoms with Gasteiger partial charge in [0.1, 0.15) is 0 Å². The number of hydrogen-bond donors (Lipinski definition) is 3. The molecule has 0 radical (unpaired) electrons. The van der Waals surface area contributed by atoms with E-state index in [1.807, 2.05) is 29.2 Å². The van der Waals surface area contributed by atoms with Crippen LogP contribution in [0.2, 0.25) is 0 Å². The van der Waals surface area contributed by atoms with Gasteiger partial charge in [-0.25, -0.2) is 5.53 Å². The van der Waals surface area contributed by atoms with Crippen molar-refractivity contribution in [2.75, 3.05) is 0 Å². The standard InChI is InChI=1S/C30H40N6O2/c1-20-7-6-8-21(2)26(20)17-18-27(37)36(25-15-13-24(14-16-25)30(3,4)5)19-22-9-11-23(12-10-22)28(38)33-29(34-31)35-32/h6-12,17-18,24-25,31H,13-16,19,32H2,1-5H3,(H,33,35,38)/b18-17+,34-31?. The van der Waals surface area contributed by atoms with Gasteiger partial charge < -0.3 is 10.7 Å². The summed E-state index contributed by atoms with van der Waals surface area (Å²) in [6, 6.07) is 13.4. The molecule has 4 N–H and O–H groups in total. The van der Waals surface area contributed by atoms with Gasteiger partial charge in [-0.1, -0.05) is 51.1 Å². The smallest absolute Gasteiger partial charge is 0.265 e. The van der Waals surface area contributed by atoms with E-state index >= 15 is 0 Å². The van der Waals surface area contributed by atoms with Crippen molar-refractivity contribution >= 4 is 23.8 Å². The number of guanidine groups is 1. The van der Waals surface area contributed by atoms with Gasteiger partial charge in [-0.2, -0.15) is 0 Å². The van der Waals surface area contributed by atoms with Gasteiger partial charge in [0.15, 0.2) is 0 Å². The third-order valence-corrected chi connectivity index (χ3v) is 7.60. The average Bonchev–Trinajstić information content (AvgIpc) is 2.89. The van der Waals surface area contributed by atoms with Crippen molar-refractivity contribution in [3.63, 3.8) is 0 Å². The molecule has 3 rings (SSSR count). The average molecular weight is 517 g/mol. The van der Waals surface area contributed by atoms with Crippen molar-refractivity contribution in [2.24, 2.45) is 27.4 Å². The molecule has 38 heavy (non-hydrogen) atoms.